The van der Waals surface area contributed by atoms with Gasteiger partial charge in [0.05, 0.1) is 11.3 Å². The van der Waals surface area contributed by atoms with Crippen LogP contribution in [-0.4, -0.2) is 12.8 Å². The predicted molar refractivity (Wildman–Crippen MR) is 82.5 cm³/mol. The Hall–Kier alpha value is -2.30. The molecule has 2 aromatic rings. The second kappa shape index (κ2) is 6.07. The van der Waals surface area contributed by atoms with Crippen LogP contribution in [0.4, 0.5) is 13.2 Å². The molecule has 0 saturated heterocycles. The van der Waals surface area contributed by atoms with Gasteiger partial charge in [-0.25, -0.2) is 0 Å². The Kier molecular flexibility index (Phi) is 4.11. The van der Waals surface area contributed by atoms with Crippen LogP contribution in [0.1, 0.15) is 28.2 Å². The van der Waals surface area contributed by atoms with Crippen LogP contribution in [0.3, 0.4) is 0 Å². The highest BCUT2D eigenvalue weighted by atomic mass is 19.4. The first-order valence-corrected chi connectivity index (χ1v) is 7.33. The molecule has 0 aromatic heterocycles. The molecule has 0 spiro atoms. The molecule has 1 atom stereocenters. The van der Waals surface area contributed by atoms with Crippen molar-refractivity contribution < 1.29 is 18.0 Å². The summed E-state index contributed by atoms with van der Waals surface area (Å²) in [5.41, 5.74) is 3.50. The van der Waals surface area contributed by atoms with Crippen molar-refractivity contribution >= 4 is 5.71 Å². The third kappa shape index (κ3) is 3.23. The van der Waals surface area contributed by atoms with E-state index in [0.717, 1.165) is 29.8 Å². The van der Waals surface area contributed by atoms with Gasteiger partial charge in [-0.15, -0.1) is 0 Å². The molecule has 5 heteroatoms. The first kappa shape index (κ1) is 15.6. The van der Waals surface area contributed by atoms with Gasteiger partial charge in [-0.05, 0) is 35.2 Å². The van der Waals surface area contributed by atoms with Gasteiger partial charge >= 0.3 is 6.18 Å². The highest BCUT2D eigenvalue weighted by Crippen LogP contribution is 2.35. The summed E-state index contributed by atoms with van der Waals surface area (Å²) in [5.74, 6) is 0.0443. The monoisotopic (exact) mass is 319 g/mol. The lowest BCUT2D eigenvalue weighted by molar-refractivity contribution is -0.137. The summed E-state index contributed by atoms with van der Waals surface area (Å²) in [6.07, 6.45) is -2.98. The topological polar surface area (TPSA) is 21.6 Å². The van der Waals surface area contributed by atoms with Crippen LogP contribution in [0.15, 0.2) is 53.7 Å². The van der Waals surface area contributed by atoms with Gasteiger partial charge in [-0.3, -0.25) is 0 Å². The molecule has 0 fully saturated rings. The van der Waals surface area contributed by atoms with E-state index in [1.165, 1.54) is 30.4 Å². The van der Waals surface area contributed by atoms with E-state index < -0.39 is 11.7 Å². The van der Waals surface area contributed by atoms with Gasteiger partial charge in [0.25, 0.3) is 0 Å². The first-order valence-electron chi connectivity index (χ1n) is 7.33. The van der Waals surface area contributed by atoms with Crippen LogP contribution in [0, 0.1) is 0 Å². The summed E-state index contributed by atoms with van der Waals surface area (Å²) in [6, 6.07) is 13.4. The molecule has 0 heterocycles. The summed E-state index contributed by atoms with van der Waals surface area (Å²) >= 11 is 0. The molecule has 1 unspecified atom stereocenters. The Morgan fingerprint density at radius 2 is 1.78 bits per heavy atom. The van der Waals surface area contributed by atoms with Crippen LogP contribution in [0.2, 0.25) is 0 Å². The van der Waals surface area contributed by atoms with Gasteiger partial charge in [0.15, 0.2) is 0 Å². The molecule has 3 rings (SSSR count). The molecule has 120 valence electrons. The number of hydrogen-bond acceptors (Lipinski definition) is 2. The van der Waals surface area contributed by atoms with E-state index in [1.54, 1.807) is 0 Å². The maximum absolute atomic E-state index is 12.6. The minimum Gasteiger partial charge on any atom is -0.399 e. The Morgan fingerprint density at radius 3 is 2.43 bits per heavy atom. The van der Waals surface area contributed by atoms with Crippen molar-refractivity contribution in [3.05, 3.63) is 70.8 Å². The number of rotatable bonds is 3. The first-order chi connectivity index (χ1) is 11.0. The fourth-order valence-corrected chi connectivity index (χ4v) is 3.04. The number of halogens is 3. The average Bonchev–Trinajstić information content (AvgIpc) is 2.85. The van der Waals surface area contributed by atoms with Gasteiger partial charge in [-0.2, -0.15) is 13.2 Å². The number of oxime groups is 1. The smallest absolute Gasteiger partial charge is 0.399 e. The van der Waals surface area contributed by atoms with Crippen LogP contribution < -0.4 is 0 Å². The van der Waals surface area contributed by atoms with E-state index in [-0.39, 0.29) is 5.92 Å². The van der Waals surface area contributed by atoms with Crippen molar-refractivity contribution in [2.45, 2.75) is 24.9 Å². The number of alkyl halides is 3. The normalized spacial score (nSPS) is 19.0. The zero-order chi connectivity index (χ0) is 16.4. The van der Waals surface area contributed by atoms with E-state index in [1.807, 2.05) is 24.3 Å². The lowest BCUT2D eigenvalue weighted by atomic mass is 9.92. The van der Waals surface area contributed by atoms with Gasteiger partial charge < -0.3 is 4.84 Å². The Bertz CT molecular complexity index is 720. The van der Waals surface area contributed by atoms with Crippen molar-refractivity contribution in [3.63, 3.8) is 0 Å². The molecule has 0 aliphatic heterocycles. The lowest BCUT2D eigenvalue weighted by Crippen LogP contribution is -2.11. The standard InChI is InChI=1S/C18H16F3NO/c1-23-22-17-11-13-4-2-3-5-15(13)16(17)10-12-6-8-14(9-7-12)18(19,20)21/h2-9,16H,10-11H2,1H3. The highest BCUT2D eigenvalue weighted by molar-refractivity contribution is 5.96. The molecule has 1 aliphatic carbocycles. The Balaban J connectivity index is 1.87. The molecular weight excluding hydrogens is 303 g/mol. The summed E-state index contributed by atoms with van der Waals surface area (Å²) in [5, 5.41) is 4.11. The van der Waals surface area contributed by atoms with Crippen molar-refractivity contribution in [1.82, 2.24) is 0 Å². The molecule has 0 bridgehead atoms. The number of nitrogens with zero attached hydrogens (tertiary/aromatic N) is 1. The molecule has 2 aromatic carbocycles. The van der Waals surface area contributed by atoms with Gasteiger partial charge in [0.1, 0.15) is 7.11 Å². The van der Waals surface area contributed by atoms with Crippen LogP contribution in [0.5, 0.6) is 0 Å². The Labute approximate surface area is 132 Å². The van der Waals surface area contributed by atoms with E-state index in [9.17, 15) is 13.2 Å². The van der Waals surface area contributed by atoms with E-state index >= 15 is 0 Å². The van der Waals surface area contributed by atoms with E-state index in [0.29, 0.717) is 6.42 Å². The molecule has 0 radical (unpaired) electrons. The average molecular weight is 319 g/mol. The summed E-state index contributed by atoms with van der Waals surface area (Å²) < 4.78 is 37.9. The summed E-state index contributed by atoms with van der Waals surface area (Å²) in [6.45, 7) is 0. The van der Waals surface area contributed by atoms with Gasteiger partial charge in [0.2, 0.25) is 0 Å². The maximum Gasteiger partial charge on any atom is 0.416 e. The molecule has 23 heavy (non-hydrogen) atoms. The van der Waals surface area contributed by atoms with Gasteiger partial charge in [0, 0.05) is 12.3 Å². The quantitative estimate of drug-likeness (QED) is 0.758. The SMILES string of the molecule is CON=C1Cc2ccccc2C1Cc1ccc(C(F)(F)F)cc1. The minimum atomic E-state index is -4.30. The molecule has 0 amide bonds. The summed E-state index contributed by atoms with van der Waals surface area (Å²) in [4.78, 5) is 4.93. The third-order valence-corrected chi connectivity index (χ3v) is 4.13. The minimum absolute atomic E-state index is 0.0443. The van der Waals surface area contributed by atoms with Crippen LogP contribution in [-0.2, 0) is 23.9 Å². The fourth-order valence-electron chi connectivity index (χ4n) is 3.04. The zero-order valence-electron chi connectivity index (χ0n) is 12.6. The van der Waals surface area contributed by atoms with Crippen molar-refractivity contribution in [1.29, 1.82) is 0 Å². The van der Waals surface area contributed by atoms with Crippen molar-refractivity contribution in [2.24, 2.45) is 5.16 Å². The third-order valence-electron chi connectivity index (χ3n) is 4.13. The maximum atomic E-state index is 12.6. The predicted octanol–water partition coefficient (Wildman–Crippen LogP) is 4.59. The van der Waals surface area contributed by atoms with E-state index in [4.69, 9.17) is 4.84 Å². The highest BCUT2D eigenvalue weighted by Gasteiger charge is 2.31. The lowest BCUT2D eigenvalue weighted by Gasteiger charge is -2.14. The number of fused-ring (bicyclic) bond motifs is 1. The van der Waals surface area contributed by atoms with Crippen molar-refractivity contribution in [3.8, 4) is 0 Å². The summed E-state index contributed by atoms with van der Waals surface area (Å²) in [7, 11) is 1.51. The molecule has 0 saturated carbocycles. The second-order valence-electron chi connectivity index (χ2n) is 5.59. The number of benzene rings is 2. The molecule has 2 nitrogen and oxygen atoms in total. The largest absolute Gasteiger partial charge is 0.416 e. The van der Waals surface area contributed by atoms with Crippen LogP contribution in [0.25, 0.3) is 0 Å². The zero-order valence-corrected chi connectivity index (χ0v) is 12.6. The second-order valence-corrected chi connectivity index (χ2v) is 5.59. The molecular formula is C18H16F3NO. The van der Waals surface area contributed by atoms with Gasteiger partial charge in [-0.1, -0.05) is 41.6 Å². The molecule has 0 N–H and O–H groups in total. The Morgan fingerprint density at radius 1 is 1.09 bits per heavy atom. The van der Waals surface area contributed by atoms with Crippen molar-refractivity contribution in [2.75, 3.05) is 7.11 Å². The fraction of sp³-hybridized carbons (Fsp3) is 0.278. The number of hydrogen-bond donors (Lipinski definition) is 0. The van der Waals surface area contributed by atoms with E-state index in [2.05, 4.69) is 5.16 Å². The van der Waals surface area contributed by atoms with Crippen LogP contribution >= 0.6 is 0 Å². The molecule has 1 aliphatic rings.